The van der Waals surface area contributed by atoms with E-state index in [2.05, 4.69) is 15.9 Å². The van der Waals surface area contributed by atoms with Gasteiger partial charge in [0.15, 0.2) is 11.5 Å². The molecule has 0 radical (unpaired) electrons. The maximum absolute atomic E-state index is 10.2. The van der Waals surface area contributed by atoms with Crippen LogP contribution in [-0.4, -0.2) is 18.5 Å². The summed E-state index contributed by atoms with van der Waals surface area (Å²) in [6, 6.07) is 3.39. The summed E-state index contributed by atoms with van der Waals surface area (Å²) in [6.07, 6.45) is 2.99. The molecule has 0 aliphatic carbocycles. The van der Waals surface area contributed by atoms with E-state index < -0.39 is 0 Å². The fraction of sp³-hybridized carbons (Fsp3) is 0.364. The van der Waals surface area contributed by atoms with E-state index in [0.29, 0.717) is 12.2 Å². The first kappa shape index (κ1) is 12.0. The number of unbranched alkanes of at least 4 members (excludes halogenated alkanes) is 1. The number of aromatic hydroxyl groups is 1. The standard InChI is InChI=1S/C11H13BrO3/c1-15-11-7-9(12)8(6-10(11)14)4-2-3-5-13/h5-7,14H,2-4H2,1H3. The molecule has 1 N–H and O–H groups in total. The molecule has 0 fully saturated rings. The molecule has 15 heavy (non-hydrogen) atoms. The molecule has 4 heteroatoms. The summed E-state index contributed by atoms with van der Waals surface area (Å²) in [7, 11) is 1.51. The number of halogens is 1. The predicted molar refractivity (Wildman–Crippen MR) is 61.4 cm³/mol. The lowest BCUT2D eigenvalue weighted by Gasteiger charge is -2.08. The van der Waals surface area contributed by atoms with E-state index in [0.717, 1.165) is 29.2 Å². The van der Waals surface area contributed by atoms with Gasteiger partial charge in [0.1, 0.15) is 6.29 Å². The number of hydrogen-bond acceptors (Lipinski definition) is 3. The molecule has 0 atom stereocenters. The van der Waals surface area contributed by atoms with Crippen LogP contribution in [0.3, 0.4) is 0 Å². The van der Waals surface area contributed by atoms with Crippen LogP contribution in [-0.2, 0) is 11.2 Å². The first-order chi connectivity index (χ1) is 7.19. The van der Waals surface area contributed by atoms with Gasteiger partial charge in [0, 0.05) is 10.9 Å². The Labute approximate surface area is 97.2 Å². The first-order valence-electron chi connectivity index (χ1n) is 4.68. The maximum atomic E-state index is 10.2. The maximum Gasteiger partial charge on any atom is 0.161 e. The van der Waals surface area contributed by atoms with Gasteiger partial charge in [0.05, 0.1) is 7.11 Å². The summed E-state index contributed by atoms with van der Waals surface area (Å²) in [6.45, 7) is 0. The van der Waals surface area contributed by atoms with E-state index in [9.17, 15) is 9.90 Å². The second-order valence-electron chi connectivity index (χ2n) is 3.17. The minimum atomic E-state index is 0.127. The number of hydrogen-bond donors (Lipinski definition) is 1. The van der Waals surface area contributed by atoms with Crippen molar-refractivity contribution in [2.24, 2.45) is 0 Å². The normalized spacial score (nSPS) is 10.0. The number of rotatable bonds is 5. The van der Waals surface area contributed by atoms with Gasteiger partial charge in [0.25, 0.3) is 0 Å². The van der Waals surface area contributed by atoms with Crippen LogP contribution in [0.1, 0.15) is 18.4 Å². The molecule has 0 unspecified atom stereocenters. The van der Waals surface area contributed by atoms with Crippen molar-refractivity contribution in [1.82, 2.24) is 0 Å². The SMILES string of the molecule is COc1cc(Br)c(CCCC=O)cc1O. The molecule has 0 bridgehead atoms. The van der Waals surface area contributed by atoms with E-state index in [1.165, 1.54) is 7.11 Å². The summed E-state index contributed by atoms with van der Waals surface area (Å²) < 4.78 is 5.86. The summed E-state index contributed by atoms with van der Waals surface area (Å²) in [5.74, 6) is 0.572. The Morgan fingerprint density at radius 1 is 1.53 bits per heavy atom. The van der Waals surface area contributed by atoms with Gasteiger partial charge < -0.3 is 14.6 Å². The third-order valence-corrected chi connectivity index (χ3v) is 2.85. The van der Waals surface area contributed by atoms with Crippen molar-refractivity contribution in [3.8, 4) is 11.5 Å². The number of carbonyl (C=O) groups is 1. The summed E-state index contributed by atoms with van der Waals surface area (Å²) in [5.41, 5.74) is 0.982. The molecule has 0 aromatic heterocycles. The Kier molecular flexibility index (Phi) is 4.62. The van der Waals surface area contributed by atoms with Crippen LogP contribution in [0, 0.1) is 0 Å². The van der Waals surface area contributed by atoms with Crippen molar-refractivity contribution in [2.45, 2.75) is 19.3 Å². The highest BCUT2D eigenvalue weighted by Gasteiger charge is 2.07. The Hall–Kier alpha value is -1.03. The Morgan fingerprint density at radius 2 is 2.27 bits per heavy atom. The monoisotopic (exact) mass is 272 g/mol. The fourth-order valence-electron chi connectivity index (χ4n) is 1.32. The van der Waals surface area contributed by atoms with Gasteiger partial charge in [-0.3, -0.25) is 0 Å². The van der Waals surface area contributed by atoms with Crippen LogP contribution in [0.5, 0.6) is 11.5 Å². The number of benzene rings is 1. The van der Waals surface area contributed by atoms with Crippen molar-refractivity contribution < 1.29 is 14.6 Å². The molecular weight excluding hydrogens is 260 g/mol. The van der Waals surface area contributed by atoms with Crippen LogP contribution in [0.4, 0.5) is 0 Å². The molecule has 82 valence electrons. The quantitative estimate of drug-likeness (QED) is 0.662. The predicted octanol–water partition coefficient (Wildman–Crippen LogP) is 2.68. The average molecular weight is 273 g/mol. The van der Waals surface area contributed by atoms with E-state index in [1.54, 1.807) is 12.1 Å². The highest BCUT2D eigenvalue weighted by Crippen LogP contribution is 2.32. The molecule has 3 nitrogen and oxygen atoms in total. The van der Waals surface area contributed by atoms with Gasteiger partial charge in [-0.15, -0.1) is 0 Å². The van der Waals surface area contributed by atoms with Crippen LogP contribution >= 0.6 is 15.9 Å². The third kappa shape index (κ3) is 3.23. The van der Waals surface area contributed by atoms with Crippen molar-refractivity contribution in [3.05, 3.63) is 22.2 Å². The molecular formula is C11H13BrO3. The lowest BCUT2D eigenvalue weighted by molar-refractivity contribution is -0.107. The molecule has 1 aromatic carbocycles. The molecule has 0 saturated heterocycles. The summed E-state index contributed by atoms with van der Waals surface area (Å²) in [4.78, 5) is 10.2. The van der Waals surface area contributed by atoms with Gasteiger partial charge >= 0.3 is 0 Å². The summed E-state index contributed by atoms with van der Waals surface area (Å²) in [5, 5.41) is 9.56. The van der Waals surface area contributed by atoms with Crippen molar-refractivity contribution >= 4 is 22.2 Å². The average Bonchev–Trinajstić information content (AvgIpc) is 2.23. The zero-order valence-corrected chi connectivity index (χ0v) is 10.1. The Balaban J connectivity index is 2.80. The molecule has 1 rings (SSSR count). The molecule has 0 aliphatic rings. The largest absolute Gasteiger partial charge is 0.504 e. The van der Waals surface area contributed by atoms with Crippen LogP contribution in [0.2, 0.25) is 0 Å². The van der Waals surface area contributed by atoms with Gasteiger partial charge in [-0.1, -0.05) is 15.9 Å². The molecule has 0 spiro atoms. The molecule has 0 aliphatic heterocycles. The Bertz CT molecular complexity index is 350. The first-order valence-corrected chi connectivity index (χ1v) is 5.47. The van der Waals surface area contributed by atoms with Crippen molar-refractivity contribution in [1.29, 1.82) is 0 Å². The zero-order valence-electron chi connectivity index (χ0n) is 8.50. The molecule has 0 amide bonds. The number of aldehydes is 1. The van der Waals surface area contributed by atoms with Gasteiger partial charge in [-0.05, 0) is 30.5 Å². The fourth-order valence-corrected chi connectivity index (χ4v) is 1.84. The van der Waals surface area contributed by atoms with Crippen molar-refractivity contribution in [3.63, 3.8) is 0 Å². The smallest absolute Gasteiger partial charge is 0.161 e. The minimum Gasteiger partial charge on any atom is -0.504 e. The summed E-state index contributed by atoms with van der Waals surface area (Å²) >= 11 is 3.39. The van der Waals surface area contributed by atoms with Crippen LogP contribution in [0.15, 0.2) is 16.6 Å². The van der Waals surface area contributed by atoms with Crippen LogP contribution in [0.25, 0.3) is 0 Å². The van der Waals surface area contributed by atoms with Gasteiger partial charge in [-0.2, -0.15) is 0 Å². The van der Waals surface area contributed by atoms with E-state index in [4.69, 9.17) is 4.74 Å². The van der Waals surface area contributed by atoms with Crippen LogP contribution < -0.4 is 4.74 Å². The topological polar surface area (TPSA) is 46.5 Å². The highest BCUT2D eigenvalue weighted by atomic mass is 79.9. The lowest BCUT2D eigenvalue weighted by Crippen LogP contribution is -1.91. The van der Waals surface area contributed by atoms with Gasteiger partial charge in [0.2, 0.25) is 0 Å². The number of phenolic OH excluding ortho intramolecular Hbond substituents is 1. The number of carbonyl (C=O) groups excluding carboxylic acids is 1. The molecule has 0 heterocycles. The number of phenols is 1. The lowest BCUT2D eigenvalue weighted by atomic mass is 10.1. The second-order valence-corrected chi connectivity index (χ2v) is 4.03. The third-order valence-electron chi connectivity index (χ3n) is 2.12. The number of methoxy groups -OCH3 is 1. The number of aryl methyl sites for hydroxylation is 1. The zero-order chi connectivity index (χ0) is 11.3. The van der Waals surface area contributed by atoms with E-state index >= 15 is 0 Å². The molecule has 0 saturated carbocycles. The highest BCUT2D eigenvalue weighted by molar-refractivity contribution is 9.10. The minimum absolute atomic E-state index is 0.127. The second kappa shape index (κ2) is 5.75. The Morgan fingerprint density at radius 3 is 2.87 bits per heavy atom. The van der Waals surface area contributed by atoms with Crippen molar-refractivity contribution in [2.75, 3.05) is 7.11 Å². The van der Waals surface area contributed by atoms with E-state index in [1.807, 2.05) is 0 Å². The van der Waals surface area contributed by atoms with Gasteiger partial charge in [-0.25, -0.2) is 0 Å². The van der Waals surface area contributed by atoms with E-state index in [-0.39, 0.29) is 5.75 Å². The molecule has 1 aromatic rings. The number of ether oxygens (including phenoxy) is 1.